The summed E-state index contributed by atoms with van der Waals surface area (Å²) in [5.41, 5.74) is 6.25. The average molecular weight is 775 g/mol. The van der Waals surface area contributed by atoms with E-state index in [4.69, 9.17) is 18.9 Å². The molecule has 3 fully saturated rings. The Balaban J connectivity index is 0.629. The van der Waals surface area contributed by atoms with Crippen molar-refractivity contribution in [1.29, 1.82) is 0 Å². The number of nitrogens with zero attached hydrogens (tertiary/aromatic N) is 4. The van der Waals surface area contributed by atoms with Crippen molar-refractivity contribution in [2.24, 2.45) is 0 Å². The van der Waals surface area contributed by atoms with E-state index in [1.54, 1.807) is 24.5 Å². The quantitative estimate of drug-likeness (QED) is 0.127. The number of carbonyl (C=O) groups is 3. The van der Waals surface area contributed by atoms with E-state index in [1.165, 1.54) is 4.90 Å². The van der Waals surface area contributed by atoms with Crippen LogP contribution in [0.3, 0.4) is 0 Å². The van der Waals surface area contributed by atoms with Gasteiger partial charge in [0.2, 0.25) is 17.7 Å². The lowest BCUT2D eigenvalue weighted by molar-refractivity contribution is -0.136. The van der Waals surface area contributed by atoms with Crippen LogP contribution >= 0.6 is 0 Å². The van der Waals surface area contributed by atoms with E-state index < -0.39 is 11.9 Å². The minimum absolute atomic E-state index is 0.00610. The Hall–Kier alpha value is -6.78. The van der Waals surface area contributed by atoms with Crippen LogP contribution in [-0.4, -0.2) is 79.6 Å². The number of aromatic nitrogens is 4. The van der Waals surface area contributed by atoms with Gasteiger partial charge >= 0.3 is 0 Å². The zero-order valence-electron chi connectivity index (χ0n) is 31.4. The number of rotatable bonds is 10. The predicted octanol–water partition coefficient (Wildman–Crippen LogP) is 5.90. The van der Waals surface area contributed by atoms with Gasteiger partial charge in [-0.3, -0.25) is 24.7 Å². The summed E-state index contributed by atoms with van der Waals surface area (Å²) in [5, 5.41) is 4.59. The second kappa shape index (κ2) is 14.9. The molecule has 1 unspecified atom stereocenters. The van der Waals surface area contributed by atoms with Gasteiger partial charge in [0.1, 0.15) is 48.2 Å². The van der Waals surface area contributed by atoms with E-state index in [-0.39, 0.29) is 49.3 Å². The molecule has 290 valence electrons. The number of ether oxygens (including phenoxy) is 4. The van der Waals surface area contributed by atoms with Crippen LogP contribution in [0.4, 0.5) is 0 Å². The lowest BCUT2D eigenvalue weighted by Crippen LogP contribution is -2.52. The Labute approximate surface area is 333 Å². The molecule has 2 aliphatic carbocycles. The zero-order chi connectivity index (χ0) is 39.2. The van der Waals surface area contributed by atoms with Crippen molar-refractivity contribution in [2.75, 3.05) is 6.61 Å². The summed E-state index contributed by atoms with van der Waals surface area (Å²) in [6.07, 6.45) is 10.9. The molecule has 13 heteroatoms. The molecule has 2 saturated carbocycles. The minimum atomic E-state index is -0.639. The maximum atomic E-state index is 13.0. The van der Waals surface area contributed by atoms with Crippen LogP contribution in [0.5, 0.6) is 17.4 Å². The SMILES string of the molecule is O=C1CCC(N2Cc3cc(O[C@H]4C[C@H](OCC#Cc5ccc(O[C@H]6C[C@H](Oc7ccc(-c8ccc9c(c8)[nH]c8ccncc89)cn7)C6)cn5)C4)ccc3C2=O)C(=O)N1. The summed E-state index contributed by atoms with van der Waals surface area (Å²) in [6.45, 7) is 0.600. The summed E-state index contributed by atoms with van der Waals surface area (Å²) < 4.78 is 24.3. The van der Waals surface area contributed by atoms with Crippen molar-refractivity contribution < 1.29 is 33.3 Å². The van der Waals surface area contributed by atoms with Crippen molar-refractivity contribution in [1.82, 2.24) is 30.2 Å². The molecule has 1 atom stereocenters. The molecule has 2 aliphatic heterocycles. The maximum Gasteiger partial charge on any atom is 0.255 e. The highest BCUT2D eigenvalue weighted by atomic mass is 16.5. The Morgan fingerprint density at radius 2 is 1.55 bits per heavy atom. The van der Waals surface area contributed by atoms with Crippen LogP contribution in [0.15, 0.2) is 91.5 Å². The second-order valence-corrected chi connectivity index (χ2v) is 15.2. The van der Waals surface area contributed by atoms with E-state index in [0.29, 0.717) is 41.6 Å². The first-order valence-corrected chi connectivity index (χ1v) is 19.5. The Morgan fingerprint density at radius 3 is 2.36 bits per heavy atom. The van der Waals surface area contributed by atoms with Gasteiger partial charge in [-0.25, -0.2) is 9.97 Å². The number of pyridine rings is 3. The molecule has 10 rings (SSSR count). The number of imide groups is 1. The number of amides is 3. The zero-order valence-corrected chi connectivity index (χ0v) is 31.4. The molecule has 4 aromatic heterocycles. The molecule has 6 aromatic rings. The van der Waals surface area contributed by atoms with Gasteiger partial charge in [0.05, 0.1) is 12.3 Å². The first-order valence-electron chi connectivity index (χ1n) is 19.5. The van der Waals surface area contributed by atoms with Crippen molar-refractivity contribution in [3.8, 4) is 40.3 Å². The molecule has 0 bridgehead atoms. The van der Waals surface area contributed by atoms with E-state index in [1.807, 2.05) is 48.8 Å². The van der Waals surface area contributed by atoms with Gasteiger partial charge in [0.25, 0.3) is 5.91 Å². The van der Waals surface area contributed by atoms with Gasteiger partial charge in [0.15, 0.2) is 0 Å². The summed E-state index contributed by atoms with van der Waals surface area (Å²) in [7, 11) is 0. The van der Waals surface area contributed by atoms with Crippen molar-refractivity contribution in [3.05, 3.63) is 108 Å². The number of aromatic amines is 1. The van der Waals surface area contributed by atoms with E-state index in [9.17, 15) is 14.4 Å². The topological polar surface area (TPSA) is 158 Å². The number of piperidine rings is 1. The molecule has 0 spiro atoms. The lowest BCUT2D eigenvalue weighted by Gasteiger charge is -2.34. The molecule has 1 saturated heterocycles. The van der Waals surface area contributed by atoms with Crippen LogP contribution in [0, 0.1) is 11.8 Å². The molecule has 2 N–H and O–H groups in total. The molecular formula is C45H38N6O7. The summed E-state index contributed by atoms with van der Waals surface area (Å²) in [5.74, 6) is 7.14. The number of hydrogen-bond acceptors (Lipinski definition) is 10. The third kappa shape index (κ3) is 7.18. The van der Waals surface area contributed by atoms with Crippen LogP contribution < -0.4 is 19.5 Å². The first-order chi connectivity index (χ1) is 28.4. The highest BCUT2D eigenvalue weighted by molar-refractivity contribution is 6.08. The van der Waals surface area contributed by atoms with Gasteiger partial charge in [-0.05, 0) is 72.0 Å². The fraction of sp³-hybridized carbons (Fsp3) is 0.289. The number of hydrogen-bond donors (Lipinski definition) is 2. The van der Waals surface area contributed by atoms with Gasteiger partial charge in [-0.2, -0.15) is 0 Å². The molecule has 4 aliphatic rings. The van der Waals surface area contributed by atoms with Crippen LogP contribution in [0.2, 0.25) is 0 Å². The molecule has 3 amide bonds. The number of H-pyrrole nitrogens is 1. The molecule has 58 heavy (non-hydrogen) atoms. The van der Waals surface area contributed by atoms with E-state index in [0.717, 1.165) is 64.2 Å². The highest BCUT2D eigenvalue weighted by Crippen LogP contribution is 2.34. The Kier molecular flexibility index (Phi) is 9.18. The molecule has 0 radical (unpaired) electrons. The van der Waals surface area contributed by atoms with Crippen LogP contribution in [-0.2, 0) is 20.9 Å². The molecule has 6 heterocycles. The Bertz CT molecular complexity index is 2620. The standard InChI is InChI=1S/C45H38N6O7/c52-42-11-10-41(44(53)50-42)51-25-28-16-30(7-9-36(28)45(51)54)56-33-18-32(19-33)55-15-1-2-29-5-6-31(23-47-29)57-34-20-35(21-34)58-43-12-4-27(22-48-43)26-3-8-37-38-24-46-14-13-39(38)49-40(37)17-26/h3-9,12-14,16-17,22-24,32-35,41,49H,10-11,15,18-21,25H2,(H,50,52,53)/t32-,33-,34-,35-,41?. The number of carbonyl (C=O) groups excluding carboxylic acids is 3. The highest BCUT2D eigenvalue weighted by Gasteiger charge is 2.40. The van der Waals surface area contributed by atoms with Crippen molar-refractivity contribution in [2.45, 2.75) is 75.5 Å². The number of nitrogens with one attached hydrogen (secondary N) is 2. The number of benzene rings is 2. The predicted molar refractivity (Wildman–Crippen MR) is 212 cm³/mol. The van der Waals surface area contributed by atoms with E-state index >= 15 is 0 Å². The van der Waals surface area contributed by atoms with Gasteiger partial charge in [0, 0.05) is 96.2 Å². The normalized spacial score (nSPS) is 22.4. The van der Waals surface area contributed by atoms with Gasteiger partial charge in [-0.1, -0.05) is 18.1 Å². The lowest BCUT2D eigenvalue weighted by atomic mass is 9.92. The van der Waals surface area contributed by atoms with Crippen molar-refractivity contribution in [3.63, 3.8) is 0 Å². The fourth-order valence-corrected chi connectivity index (χ4v) is 8.00. The smallest absolute Gasteiger partial charge is 0.255 e. The van der Waals surface area contributed by atoms with Crippen LogP contribution in [0.1, 0.15) is 60.1 Å². The molecule has 2 aromatic carbocycles. The molecular weight excluding hydrogens is 737 g/mol. The van der Waals surface area contributed by atoms with E-state index in [2.05, 4.69) is 55.3 Å². The Morgan fingerprint density at radius 1 is 0.741 bits per heavy atom. The fourth-order valence-electron chi connectivity index (χ4n) is 8.00. The largest absolute Gasteiger partial charge is 0.490 e. The monoisotopic (exact) mass is 774 g/mol. The minimum Gasteiger partial charge on any atom is -0.490 e. The molecule has 13 nitrogen and oxygen atoms in total. The van der Waals surface area contributed by atoms with Crippen LogP contribution in [0.25, 0.3) is 32.9 Å². The third-order valence-corrected chi connectivity index (χ3v) is 11.3. The first kappa shape index (κ1) is 35.6. The average Bonchev–Trinajstić information content (AvgIpc) is 3.74. The van der Waals surface area contributed by atoms with Gasteiger partial charge in [-0.15, -0.1) is 0 Å². The second-order valence-electron chi connectivity index (χ2n) is 15.2. The van der Waals surface area contributed by atoms with Gasteiger partial charge < -0.3 is 28.8 Å². The summed E-state index contributed by atoms with van der Waals surface area (Å²) >= 11 is 0. The third-order valence-electron chi connectivity index (χ3n) is 11.3. The van der Waals surface area contributed by atoms with Crippen molar-refractivity contribution >= 4 is 39.5 Å². The maximum absolute atomic E-state index is 13.0. The summed E-state index contributed by atoms with van der Waals surface area (Å²) in [6, 6.07) is 20.8. The number of fused-ring (bicyclic) bond motifs is 4. The summed E-state index contributed by atoms with van der Waals surface area (Å²) in [4.78, 5) is 55.1.